The molecule has 0 bridgehead atoms. The first-order valence-electron chi connectivity index (χ1n) is 5.47. The highest BCUT2D eigenvalue weighted by Crippen LogP contribution is 2.36. The van der Waals surface area contributed by atoms with E-state index in [-0.39, 0.29) is 11.7 Å². The first-order valence-corrected chi connectivity index (χ1v) is 5.47. The summed E-state index contributed by atoms with van der Waals surface area (Å²) < 4.78 is 16.3. The summed E-state index contributed by atoms with van der Waals surface area (Å²) in [7, 11) is 1.61. The molecule has 0 aromatic heterocycles. The minimum atomic E-state index is -0.298. The van der Waals surface area contributed by atoms with Crippen molar-refractivity contribution in [3.8, 4) is 11.5 Å². The minimum absolute atomic E-state index is 0.122. The van der Waals surface area contributed by atoms with Crippen LogP contribution in [0.3, 0.4) is 0 Å². The van der Waals surface area contributed by atoms with Crippen molar-refractivity contribution >= 4 is 0 Å². The van der Waals surface area contributed by atoms with E-state index in [1.165, 1.54) is 5.56 Å². The number of hydrogen-bond acceptors (Lipinski definition) is 3. The number of hydrogen-bond donors (Lipinski definition) is 0. The van der Waals surface area contributed by atoms with Crippen LogP contribution < -0.4 is 9.47 Å². The second-order valence-electron chi connectivity index (χ2n) is 5.01. The number of methoxy groups -OCH3 is 1. The molecule has 0 saturated carbocycles. The van der Waals surface area contributed by atoms with Gasteiger partial charge in [0.2, 0.25) is 6.29 Å². The third-order valence-corrected chi connectivity index (χ3v) is 2.71. The Kier molecular flexibility index (Phi) is 2.80. The Labute approximate surface area is 96.3 Å². The maximum absolute atomic E-state index is 5.61. The molecule has 1 aliphatic rings. The summed E-state index contributed by atoms with van der Waals surface area (Å²) >= 11 is 0. The highest BCUT2D eigenvalue weighted by molar-refractivity contribution is 5.45. The number of ether oxygens (including phenoxy) is 3. The lowest BCUT2D eigenvalue weighted by Gasteiger charge is -2.27. The van der Waals surface area contributed by atoms with Crippen molar-refractivity contribution in [2.75, 3.05) is 13.7 Å². The molecule has 1 aliphatic heterocycles. The van der Waals surface area contributed by atoms with Gasteiger partial charge < -0.3 is 14.2 Å². The average molecular weight is 222 g/mol. The van der Waals surface area contributed by atoms with Crippen LogP contribution in [0.25, 0.3) is 0 Å². The van der Waals surface area contributed by atoms with E-state index in [2.05, 4.69) is 26.8 Å². The molecule has 88 valence electrons. The van der Waals surface area contributed by atoms with Crippen LogP contribution in [0, 0.1) is 0 Å². The summed E-state index contributed by atoms with van der Waals surface area (Å²) in [5, 5.41) is 0. The Morgan fingerprint density at radius 3 is 2.62 bits per heavy atom. The molecule has 0 radical (unpaired) electrons. The highest BCUT2D eigenvalue weighted by atomic mass is 16.7. The lowest BCUT2D eigenvalue weighted by atomic mass is 9.87. The van der Waals surface area contributed by atoms with Gasteiger partial charge >= 0.3 is 0 Å². The summed E-state index contributed by atoms with van der Waals surface area (Å²) in [6, 6.07) is 6.06. The molecule has 0 N–H and O–H groups in total. The fourth-order valence-electron chi connectivity index (χ4n) is 1.63. The molecule has 0 fully saturated rings. The second kappa shape index (κ2) is 3.98. The zero-order valence-corrected chi connectivity index (χ0v) is 10.2. The maximum Gasteiger partial charge on any atom is 0.234 e. The Hall–Kier alpha value is -1.22. The van der Waals surface area contributed by atoms with Crippen LogP contribution in [-0.2, 0) is 10.2 Å². The van der Waals surface area contributed by atoms with Crippen LogP contribution in [0.5, 0.6) is 11.5 Å². The van der Waals surface area contributed by atoms with Gasteiger partial charge in [-0.2, -0.15) is 0 Å². The monoisotopic (exact) mass is 222 g/mol. The molecule has 1 atom stereocenters. The Bertz CT molecular complexity index is 379. The molecule has 3 heteroatoms. The van der Waals surface area contributed by atoms with E-state index in [9.17, 15) is 0 Å². The van der Waals surface area contributed by atoms with Gasteiger partial charge in [-0.15, -0.1) is 0 Å². The third-order valence-electron chi connectivity index (χ3n) is 2.71. The molecule has 1 aromatic carbocycles. The summed E-state index contributed by atoms with van der Waals surface area (Å²) in [4.78, 5) is 0. The van der Waals surface area contributed by atoms with Crippen LogP contribution in [0.1, 0.15) is 26.3 Å². The molecule has 0 spiro atoms. The SMILES string of the molecule is COC1COc2cc(C(C)(C)C)ccc2O1. The standard InChI is InChI=1S/C13H18O3/c1-13(2,3)9-5-6-10-11(7-9)15-8-12(14-4)16-10/h5-7,12H,8H2,1-4H3. The van der Waals surface area contributed by atoms with Gasteiger partial charge in [0.05, 0.1) is 0 Å². The summed E-state index contributed by atoms with van der Waals surface area (Å²) in [6.45, 7) is 6.97. The number of fused-ring (bicyclic) bond motifs is 1. The fraction of sp³-hybridized carbons (Fsp3) is 0.538. The molecule has 1 heterocycles. The van der Waals surface area contributed by atoms with Gasteiger partial charge in [0, 0.05) is 7.11 Å². The summed E-state index contributed by atoms with van der Waals surface area (Å²) in [5.41, 5.74) is 1.36. The van der Waals surface area contributed by atoms with Gasteiger partial charge in [-0.3, -0.25) is 0 Å². The Morgan fingerprint density at radius 2 is 2.00 bits per heavy atom. The largest absolute Gasteiger partial charge is 0.483 e. The Balaban J connectivity index is 2.28. The van der Waals surface area contributed by atoms with Crippen LogP contribution in [0.4, 0.5) is 0 Å². The van der Waals surface area contributed by atoms with Crippen molar-refractivity contribution in [2.24, 2.45) is 0 Å². The fourth-order valence-corrected chi connectivity index (χ4v) is 1.63. The molecule has 0 aliphatic carbocycles. The van der Waals surface area contributed by atoms with Crippen LogP contribution in [0.15, 0.2) is 18.2 Å². The Morgan fingerprint density at radius 1 is 1.25 bits per heavy atom. The predicted molar refractivity (Wildman–Crippen MR) is 62.1 cm³/mol. The molecular formula is C13H18O3. The van der Waals surface area contributed by atoms with Crippen molar-refractivity contribution in [3.63, 3.8) is 0 Å². The van der Waals surface area contributed by atoms with Crippen molar-refractivity contribution in [3.05, 3.63) is 23.8 Å². The molecule has 3 nitrogen and oxygen atoms in total. The minimum Gasteiger partial charge on any atom is -0.483 e. The molecule has 2 rings (SSSR count). The van der Waals surface area contributed by atoms with E-state index in [4.69, 9.17) is 14.2 Å². The van der Waals surface area contributed by atoms with Crippen LogP contribution >= 0.6 is 0 Å². The normalized spacial score (nSPS) is 19.6. The van der Waals surface area contributed by atoms with E-state index in [1.807, 2.05) is 12.1 Å². The van der Waals surface area contributed by atoms with Crippen molar-refractivity contribution < 1.29 is 14.2 Å². The van der Waals surface area contributed by atoms with Gasteiger partial charge in [0.25, 0.3) is 0 Å². The zero-order chi connectivity index (χ0) is 11.8. The van der Waals surface area contributed by atoms with Gasteiger partial charge in [-0.25, -0.2) is 0 Å². The lowest BCUT2D eigenvalue weighted by molar-refractivity contribution is -0.0943. The van der Waals surface area contributed by atoms with E-state index in [1.54, 1.807) is 7.11 Å². The van der Waals surface area contributed by atoms with Crippen molar-refractivity contribution in [1.29, 1.82) is 0 Å². The van der Waals surface area contributed by atoms with Crippen molar-refractivity contribution in [1.82, 2.24) is 0 Å². The lowest BCUT2D eigenvalue weighted by Crippen LogP contribution is -2.30. The molecular weight excluding hydrogens is 204 g/mol. The molecule has 1 aromatic rings. The molecule has 1 unspecified atom stereocenters. The van der Waals surface area contributed by atoms with Crippen molar-refractivity contribution in [2.45, 2.75) is 32.5 Å². The van der Waals surface area contributed by atoms with Crippen LogP contribution in [-0.4, -0.2) is 20.0 Å². The third kappa shape index (κ3) is 2.14. The topological polar surface area (TPSA) is 27.7 Å². The number of benzene rings is 1. The van der Waals surface area contributed by atoms with Crippen LogP contribution in [0.2, 0.25) is 0 Å². The maximum atomic E-state index is 5.61. The van der Waals surface area contributed by atoms with Gasteiger partial charge in [-0.05, 0) is 23.1 Å². The predicted octanol–water partition coefficient (Wildman–Crippen LogP) is 2.73. The van der Waals surface area contributed by atoms with Gasteiger partial charge in [-0.1, -0.05) is 26.8 Å². The summed E-state index contributed by atoms with van der Waals surface area (Å²) in [6.07, 6.45) is -0.298. The quantitative estimate of drug-likeness (QED) is 0.731. The first-order chi connectivity index (χ1) is 7.50. The molecule has 0 saturated heterocycles. The van der Waals surface area contributed by atoms with Gasteiger partial charge in [0.15, 0.2) is 18.1 Å². The van der Waals surface area contributed by atoms with E-state index < -0.39 is 0 Å². The van der Waals surface area contributed by atoms with E-state index in [0.29, 0.717) is 6.61 Å². The second-order valence-corrected chi connectivity index (χ2v) is 5.01. The van der Waals surface area contributed by atoms with E-state index in [0.717, 1.165) is 11.5 Å². The molecule has 0 amide bonds. The average Bonchev–Trinajstić information content (AvgIpc) is 2.26. The molecule has 16 heavy (non-hydrogen) atoms. The zero-order valence-electron chi connectivity index (χ0n) is 10.2. The number of rotatable bonds is 1. The smallest absolute Gasteiger partial charge is 0.234 e. The summed E-state index contributed by atoms with van der Waals surface area (Å²) in [5.74, 6) is 1.56. The first kappa shape index (κ1) is 11.3. The van der Waals surface area contributed by atoms with Gasteiger partial charge in [0.1, 0.15) is 0 Å². The highest BCUT2D eigenvalue weighted by Gasteiger charge is 2.23. The van der Waals surface area contributed by atoms with E-state index >= 15 is 0 Å².